The highest BCUT2D eigenvalue weighted by Gasteiger charge is 2.01. The van der Waals surface area contributed by atoms with Crippen LogP contribution >= 0.6 is 11.6 Å². The molecule has 1 aromatic heterocycles. The van der Waals surface area contributed by atoms with E-state index in [4.69, 9.17) is 11.6 Å². The van der Waals surface area contributed by atoms with Crippen LogP contribution in [-0.2, 0) is 6.54 Å². The zero-order valence-corrected chi connectivity index (χ0v) is 12.0. The molecule has 2 aromatic carbocycles. The lowest BCUT2D eigenvalue weighted by Crippen LogP contribution is -2.00. The Hall–Kier alpha value is -2.46. The van der Waals surface area contributed by atoms with E-state index in [1.54, 1.807) is 24.4 Å². The summed E-state index contributed by atoms with van der Waals surface area (Å²) in [5.74, 6) is 0.0887. The maximum atomic E-state index is 9.38. The summed E-state index contributed by atoms with van der Waals surface area (Å²) in [6.07, 6.45) is 3.66. The van der Waals surface area contributed by atoms with Gasteiger partial charge >= 0.3 is 0 Å². The molecule has 0 spiro atoms. The zero-order chi connectivity index (χ0) is 14.7. The molecule has 21 heavy (non-hydrogen) atoms. The zero-order valence-electron chi connectivity index (χ0n) is 11.2. The van der Waals surface area contributed by atoms with Crippen LogP contribution in [0.5, 0.6) is 5.75 Å². The van der Waals surface area contributed by atoms with Gasteiger partial charge in [-0.25, -0.2) is 4.68 Å². The van der Waals surface area contributed by atoms with Crippen LogP contribution in [0, 0.1) is 0 Å². The van der Waals surface area contributed by atoms with Crippen LogP contribution in [0.2, 0.25) is 5.02 Å². The summed E-state index contributed by atoms with van der Waals surface area (Å²) in [5.41, 5.74) is 3.04. The van der Waals surface area contributed by atoms with Gasteiger partial charge in [-0.1, -0.05) is 23.7 Å². The summed E-state index contributed by atoms with van der Waals surface area (Å²) >= 11 is 5.87. The van der Waals surface area contributed by atoms with E-state index < -0.39 is 0 Å². The predicted octanol–water partition coefficient (Wildman–Crippen LogP) is 3.84. The Bertz CT molecular complexity index is 724. The largest absolute Gasteiger partial charge is 0.506 e. The summed E-state index contributed by atoms with van der Waals surface area (Å²) in [5, 5.41) is 17.2. The van der Waals surface area contributed by atoms with Crippen molar-refractivity contribution in [3.05, 3.63) is 71.5 Å². The Morgan fingerprint density at radius 1 is 1.14 bits per heavy atom. The molecule has 0 bridgehead atoms. The Balaban J connectivity index is 1.66. The van der Waals surface area contributed by atoms with Crippen molar-refractivity contribution in [1.29, 1.82) is 0 Å². The van der Waals surface area contributed by atoms with Gasteiger partial charge in [0, 0.05) is 24.6 Å². The summed E-state index contributed by atoms with van der Waals surface area (Å²) in [4.78, 5) is 0. The maximum absolute atomic E-state index is 9.38. The molecule has 4 nitrogen and oxygen atoms in total. The number of phenolic OH excluding ortho intramolecular Hbond substituents is 1. The number of halogens is 1. The van der Waals surface area contributed by atoms with Crippen LogP contribution < -0.4 is 5.32 Å². The molecule has 106 valence electrons. The quantitative estimate of drug-likeness (QED) is 0.720. The molecule has 0 saturated heterocycles. The second-order valence-corrected chi connectivity index (χ2v) is 5.04. The highest BCUT2D eigenvalue weighted by atomic mass is 35.5. The number of aromatic hydroxyl groups is 1. The Kier molecular flexibility index (Phi) is 3.79. The molecule has 0 radical (unpaired) electrons. The molecule has 3 aromatic rings. The number of hydrogen-bond acceptors (Lipinski definition) is 3. The third kappa shape index (κ3) is 3.17. The SMILES string of the molecule is Oc1ccc(NCc2ccc(-n3cccn3)cc2)cc1Cl. The monoisotopic (exact) mass is 299 g/mol. The molecule has 0 fully saturated rings. The minimum atomic E-state index is 0.0887. The fourth-order valence-electron chi connectivity index (χ4n) is 2.01. The summed E-state index contributed by atoms with van der Waals surface area (Å²) in [6, 6.07) is 15.1. The highest BCUT2D eigenvalue weighted by Crippen LogP contribution is 2.26. The van der Waals surface area contributed by atoms with Crippen molar-refractivity contribution >= 4 is 17.3 Å². The van der Waals surface area contributed by atoms with Crippen LogP contribution in [0.3, 0.4) is 0 Å². The Labute approximate surface area is 127 Å². The fourth-order valence-corrected chi connectivity index (χ4v) is 2.19. The van der Waals surface area contributed by atoms with E-state index in [1.165, 1.54) is 0 Å². The van der Waals surface area contributed by atoms with Gasteiger partial charge in [0.2, 0.25) is 0 Å². The molecule has 0 unspecified atom stereocenters. The van der Waals surface area contributed by atoms with Gasteiger partial charge in [0.1, 0.15) is 5.75 Å². The van der Waals surface area contributed by atoms with Gasteiger partial charge in [0.25, 0.3) is 0 Å². The van der Waals surface area contributed by atoms with Gasteiger partial charge < -0.3 is 10.4 Å². The maximum Gasteiger partial charge on any atom is 0.134 e. The van der Waals surface area contributed by atoms with Gasteiger partial charge in [0.05, 0.1) is 10.7 Å². The van der Waals surface area contributed by atoms with Gasteiger partial charge in [-0.05, 0) is 42.0 Å². The minimum Gasteiger partial charge on any atom is -0.506 e. The van der Waals surface area contributed by atoms with Crippen molar-refractivity contribution in [2.24, 2.45) is 0 Å². The van der Waals surface area contributed by atoms with E-state index in [2.05, 4.69) is 10.4 Å². The molecule has 0 aliphatic rings. The molecule has 0 atom stereocenters. The topological polar surface area (TPSA) is 50.1 Å². The van der Waals surface area contributed by atoms with Crippen molar-refractivity contribution in [1.82, 2.24) is 9.78 Å². The van der Waals surface area contributed by atoms with Crippen LogP contribution in [0.1, 0.15) is 5.56 Å². The number of phenols is 1. The first-order valence-electron chi connectivity index (χ1n) is 6.54. The second-order valence-electron chi connectivity index (χ2n) is 4.64. The lowest BCUT2D eigenvalue weighted by molar-refractivity contribution is 0.475. The third-order valence-corrected chi connectivity index (χ3v) is 3.45. The smallest absolute Gasteiger partial charge is 0.134 e. The van der Waals surface area contributed by atoms with Gasteiger partial charge in [-0.3, -0.25) is 0 Å². The molecular weight excluding hydrogens is 286 g/mol. The number of anilines is 1. The summed E-state index contributed by atoms with van der Waals surface area (Å²) < 4.78 is 1.82. The van der Waals surface area contributed by atoms with Crippen LogP contribution in [0.4, 0.5) is 5.69 Å². The molecule has 0 aliphatic heterocycles. The first-order valence-corrected chi connectivity index (χ1v) is 6.91. The van der Waals surface area contributed by atoms with Crippen LogP contribution in [0.15, 0.2) is 60.9 Å². The van der Waals surface area contributed by atoms with Crippen molar-refractivity contribution in [3.8, 4) is 11.4 Å². The van der Waals surface area contributed by atoms with E-state index in [1.807, 2.05) is 41.2 Å². The number of nitrogens with zero attached hydrogens (tertiary/aromatic N) is 2. The van der Waals surface area contributed by atoms with Crippen LogP contribution in [0.25, 0.3) is 5.69 Å². The van der Waals surface area contributed by atoms with E-state index in [0.29, 0.717) is 11.6 Å². The van der Waals surface area contributed by atoms with Crippen molar-refractivity contribution in [3.63, 3.8) is 0 Å². The molecule has 3 rings (SSSR count). The lowest BCUT2D eigenvalue weighted by atomic mass is 10.2. The fraction of sp³-hybridized carbons (Fsp3) is 0.0625. The molecular formula is C16H14ClN3O. The predicted molar refractivity (Wildman–Crippen MR) is 84.0 cm³/mol. The Morgan fingerprint density at radius 3 is 2.62 bits per heavy atom. The van der Waals surface area contributed by atoms with Gasteiger partial charge in [-0.2, -0.15) is 5.10 Å². The lowest BCUT2D eigenvalue weighted by Gasteiger charge is -2.08. The van der Waals surface area contributed by atoms with E-state index in [9.17, 15) is 5.11 Å². The normalized spacial score (nSPS) is 10.5. The van der Waals surface area contributed by atoms with E-state index >= 15 is 0 Å². The van der Waals surface area contributed by atoms with Crippen molar-refractivity contribution in [2.75, 3.05) is 5.32 Å². The van der Waals surface area contributed by atoms with Gasteiger partial charge in [-0.15, -0.1) is 0 Å². The van der Waals surface area contributed by atoms with Gasteiger partial charge in [0.15, 0.2) is 0 Å². The first kappa shape index (κ1) is 13.5. The Morgan fingerprint density at radius 2 is 1.95 bits per heavy atom. The van der Waals surface area contributed by atoms with Crippen molar-refractivity contribution < 1.29 is 5.11 Å². The summed E-state index contributed by atoms with van der Waals surface area (Å²) in [6.45, 7) is 0.681. The number of aromatic nitrogens is 2. The highest BCUT2D eigenvalue weighted by molar-refractivity contribution is 6.32. The van der Waals surface area contributed by atoms with E-state index in [-0.39, 0.29) is 5.75 Å². The van der Waals surface area contributed by atoms with Crippen LogP contribution in [-0.4, -0.2) is 14.9 Å². The average molecular weight is 300 g/mol. The summed E-state index contributed by atoms with van der Waals surface area (Å²) in [7, 11) is 0. The average Bonchev–Trinajstić information content (AvgIpc) is 3.03. The molecule has 0 saturated carbocycles. The number of hydrogen-bond donors (Lipinski definition) is 2. The van der Waals surface area contributed by atoms with Crippen molar-refractivity contribution in [2.45, 2.75) is 6.54 Å². The minimum absolute atomic E-state index is 0.0887. The first-order chi connectivity index (χ1) is 10.2. The number of rotatable bonds is 4. The molecule has 5 heteroatoms. The molecule has 1 heterocycles. The second kappa shape index (κ2) is 5.89. The number of benzene rings is 2. The standard InChI is InChI=1S/C16H14ClN3O/c17-15-10-13(4-7-16(15)21)18-11-12-2-5-14(6-3-12)20-9-1-8-19-20/h1-10,18,21H,11H2. The third-order valence-electron chi connectivity index (χ3n) is 3.15. The number of nitrogens with one attached hydrogen (secondary N) is 1. The molecule has 2 N–H and O–H groups in total. The van der Waals surface area contributed by atoms with E-state index in [0.717, 1.165) is 16.9 Å². The molecule has 0 aliphatic carbocycles. The molecule has 0 amide bonds.